The van der Waals surface area contributed by atoms with E-state index in [1.165, 1.54) is 44.1 Å². The van der Waals surface area contributed by atoms with Crippen LogP contribution < -0.4 is 4.90 Å². The second kappa shape index (κ2) is 14.1. The quantitative estimate of drug-likeness (QED) is 0.161. The highest BCUT2D eigenvalue weighted by Gasteiger charge is 2.36. The summed E-state index contributed by atoms with van der Waals surface area (Å²) in [6.45, 7) is 4.71. The average molecular weight is 857 g/mol. The van der Waals surface area contributed by atoms with Crippen molar-refractivity contribution in [3.63, 3.8) is 0 Å². The van der Waals surface area contributed by atoms with E-state index < -0.39 is 0 Å². The molecule has 314 valence electrons. The third-order valence-electron chi connectivity index (χ3n) is 14.2. The summed E-state index contributed by atoms with van der Waals surface area (Å²) < 4.78 is 2.44. The molecule has 3 aromatic heterocycles. The lowest BCUT2D eigenvalue weighted by Gasteiger charge is -2.32. The second-order valence-corrected chi connectivity index (χ2v) is 18.2. The van der Waals surface area contributed by atoms with Crippen LogP contribution in [0.15, 0.2) is 206 Å². The van der Waals surface area contributed by atoms with Crippen molar-refractivity contribution in [2.75, 3.05) is 4.90 Å². The van der Waals surface area contributed by atoms with E-state index in [0.717, 1.165) is 72.2 Å². The summed E-state index contributed by atoms with van der Waals surface area (Å²) in [6, 6.07) is 73.6. The lowest BCUT2D eigenvalue weighted by Crippen LogP contribution is -2.19. The van der Waals surface area contributed by atoms with E-state index in [1.807, 2.05) is 36.4 Å². The number of nitrogens with zero attached hydrogens (tertiary/aromatic N) is 6. The molecule has 0 spiro atoms. The largest absolute Gasteiger partial charge is 0.309 e. The highest BCUT2D eigenvalue weighted by Crippen LogP contribution is 2.53. The molecule has 1 aliphatic carbocycles. The molecule has 4 heterocycles. The maximum absolute atomic E-state index is 5.44. The van der Waals surface area contributed by atoms with Crippen molar-refractivity contribution in [2.24, 2.45) is 0 Å². The molecule has 0 bridgehead atoms. The van der Waals surface area contributed by atoms with E-state index in [-0.39, 0.29) is 5.41 Å². The zero-order chi connectivity index (χ0) is 44.4. The summed E-state index contributed by atoms with van der Waals surface area (Å²) in [7, 11) is 0. The van der Waals surface area contributed by atoms with Crippen LogP contribution in [0, 0.1) is 0 Å². The van der Waals surface area contributed by atoms with Gasteiger partial charge < -0.3 is 4.57 Å². The van der Waals surface area contributed by atoms with Crippen LogP contribution in [0.1, 0.15) is 25.0 Å². The third-order valence-corrected chi connectivity index (χ3v) is 14.2. The zero-order valence-corrected chi connectivity index (χ0v) is 36.8. The Labute approximate surface area is 387 Å². The van der Waals surface area contributed by atoms with Crippen molar-refractivity contribution in [3.8, 4) is 62.0 Å². The van der Waals surface area contributed by atoms with E-state index in [2.05, 4.69) is 193 Å². The Hall–Kier alpha value is -8.74. The molecule has 14 rings (SSSR count). The van der Waals surface area contributed by atoms with Crippen LogP contribution in [0.3, 0.4) is 0 Å². The van der Waals surface area contributed by atoms with Crippen LogP contribution in [-0.2, 0) is 5.41 Å². The van der Waals surface area contributed by atoms with Crippen molar-refractivity contribution >= 4 is 60.8 Å². The molecule has 0 unspecified atom stereocenters. The van der Waals surface area contributed by atoms with Gasteiger partial charge in [-0.1, -0.05) is 166 Å². The summed E-state index contributed by atoms with van der Waals surface area (Å²) in [6.07, 6.45) is 0. The van der Waals surface area contributed by atoms with Crippen LogP contribution in [0.25, 0.3) is 105 Å². The Morgan fingerprint density at radius 1 is 0.388 bits per heavy atom. The maximum Gasteiger partial charge on any atom is 0.238 e. The average Bonchev–Trinajstić information content (AvgIpc) is 3.83. The predicted octanol–water partition coefficient (Wildman–Crippen LogP) is 15.4. The van der Waals surface area contributed by atoms with E-state index in [9.17, 15) is 0 Å². The van der Waals surface area contributed by atoms with Gasteiger partial charge in [0.25, 0.3) is 0 Å². The van der Waals surface area contributed by atoms with Gasteiger partial charge in [0.2, 0.25) is 5.95 Å². The first kappa shape index (κ1) is 37.6. The minimum absolute atomic E-state index is 0.100. The predicted molar refractivity (Wildman–Crippen MR) is 275 cm³/mol. The van der Waals surface area contributed by atoms with E-state index >= 15 is 0 Å². The molecule has 9 aromatic carbocycles. The molecule has 0 N–H and O–H groups in total. The van der Waals surface area contributed by atoms with Crippen LogP contribution in [0.5, 0.6) is 0 Å². The lowest BCUT2D eigenvalue weighted by atomic mass is 9.82. The van der Waals surface area contributed by atoms with E-state index in [0.29, 0.717) is 17.6 Å². The molecule has 0 atom stereocenters. The first-order valence-corrected chi connectivity index (χ1v) is 22.9. The first-order chi connectivity index (χ1) is 33.0. The summed E-state index contributed by atoms with van der Waals surface area (Å²) in [5.74, 6) is 1.76. The normalized spacial score (nSPS) is 13.3. The fourth-order valence-electron chi connectivity index (χ4n) is 11.0. The molecule has 67 heavy (non-hydrogen) atoms. The van der Waals surface area contributed by atoms with Gasteiger partial charge in [-0.3, -0.25) is 4.90 Å². The van der Waals surface area contributed by atoms with Gasteiger partial charge in [0.1, 0.15) is 0 Å². The van der Waals surface area contributed by atoms with Crippen LogP contribution >= 0.6 is 0 Å². The summed E-state index contributed by atoms with van der Waals surface area (Å²) in [5.41, 5.74) is 17.8. The fourth-order valence-corrected chi connectivity index (χ4v) is 11.0. The fraction of sp³-hybridized carbons (Fsp3) is 0.0492. The Bertz CT molecular complexity index is 3950. The van der Waals surface area contributed by atoms with Crippen molar-refractivity contribution in [1.29, 1.82) is 0 Å². The second-order valence-electron chi connectivity index (χ2n) is 18.2. The Morgan fingerprint density at radius 3 is 1.82 bits per heavy atom. The Balaban J connectivity index is 0.943. The standard InChI is InChI=1S/C61H40N6/c1-61(2)49-24-12-9-20-42(49)46-35-47-44-22-11-14-26-52(44)66(55(47)36-50(46)61)41-31-28-37(29-32-41)40-30-33-53-48(34-40)57-56-45(43-21-10-13-25-51(43)62-57)23-15-27-54(56)67(53)60-64-58(38-16-5-3-6-17-38)63-59(65-60)39-18-7-4-8-19-39/h3-36H,1-2H3. The molecule has 12 aromatic rings. The summed E-state index contributed by atoms with van der Waals surface area (Å²) >= 11 is 0. The number of aromatic nitrogens is 5. The van der Waals surface area contributed by atoms with Crippen molar-refractivity contribution in [3.05, 3.63) is 217 Å². The molecule has 0 saturated heterocycles. The number of pyridine rings is 1. The van der Waals surface area contributed by atoms with Crippen molar-refractivity contribution in [1.82, 2.24) is 24.5 Å². The SMILES string of the molecule is CC1(C)c2ccccc2-c2cc3c4ccccc4n(-c4ccc(-c5ccc6c(c5)-c5nc7ccccc7c7cccc(c57)N6c5nc(-c6ccccc6)nc(-c6ccccc6)n5)cc4)c3cc21. The van der Waals surface area contributed by atoms with Gasteiger partial charge in [-0.2, -0.15) is 9.97 Å². The highest BCUT2D eigenvalue weighted by atomic mass is 15.3. The number of hydrogen-bond donors (Lipinski definition) is 0. The Morgan fingerprint density at radius 2 is 1.04 bits per heavy atom. The molecule has 2 aliphatic rings. The number of para-hydroxylation sites is 2. The van der Waals surface area contributed by atoms with Crippen LogP contribution in [0.4, 0.5) is 17.3 Å². The number of anilines is 3. The maximum atomic E-state index is 5.44. The topological polar surface area (TPSA) is 59.7 Å². The smallest absolute Gasteiger partial charge is 0.238 e. The van der Waals surface area contributed by atoms with Gasteiger partial charge in [-0.05, 0) is 93.4 Å². The molecule has 1 aliphatic heterocycles. The number of fused-ring (bicyclic) bond motifs is 10. The molecule has 6 heteroatoms. The van der Waals surface area contributed by atoms with E-state index in [4.69, 9.17) is 19.9 Å². The molecular formula is C61H40N6. The van der Waals surface area contributed by atoms with Gasteiger partial charge >= 0.3 is 0 Å². The third kappa shape index (κ3) is 5.56. The molecule has 0 amide bonds. The summed E-state index contributed by atoms with van der Waals surface area (Å²) in [5, 5.41) is 5.82. The van der Waals surface area contributed by atoms with Crippen molar-refractivity contribution in [2.45, 2.75) is 19.3 Å². The summed E-state index contributed by atoms with van der Waals surface area (Å²) in [4.78, 5) is 23.2. The Kier molecular flexibility index (Phi) is 7.93. The molecular weight excluding hydrogens is 817 g/mol. The molecule has 0 radical (unpaired) electrons. The van der Waals surface area contributed by atoms with Crippen LogP contribution in [0.2, 0.25) is 0 Å². The number of benzene rings is 9. The van der Waals surface area contributed by atoms with Gasteiger partial charge in [0, 0.05) is 49.3 Å². The molecule has 6 nitrogen and oxygen atoms in total. The number of rotatable bonds is 5. The van der Waals surface area contributed by atoms with Crippen LogP contribution in [-0.4, -0.2) is 24.5 Å². The number of hydrogen-bond acceptors (Lipinski definition) is 5. The highest BCUT2D eigenvalue weighted by molar-refractivity contribution is 6.20. The zero-order valence-electron chi connectivity index (χ0n) is 36.8. The van der Waals surface area contributed by atoms with Gasteiger partial charge in [0.05, 0.1) is 33.6 Å². The van der Waals surface area contributed by atoms with Gasteiger partial charge in [-0.15, -0.1) is 0 Å². The minimum atomic E-state index is -0.100. The first-order valence-electron chi connectivity index (χ1n) is 22.9. The molecule has 0 saturated carbocycles. The van der Waals surface area contributed by atoms with Crippen molar-refractivity contribution < 1.29 is 0 Å². The van der Waals surface area contributed by atoms with E-state index in [1.54, 1.807) is 0 Å². The minimum Gasteiger partial charge on any atom is -0.309 e. The monoisotopic (exact) mass is 856 g/mol. The van der Waals surface area contributed by atoms with Gasteiger partial charge in [0.15, 0.2) is 11.6 Å². The molecule has 0 fully saturated rings. The van der Waals surface area contributed by atoms with Gasteiger partial charge in [-0.25, -0.2) is 9.97 Å². The lowest BCUT2D eigenvalue weighted by molar-refractivity contribution is 0.661.